The summed E-state index contributed by atoms with van der Waals surface area (Å²) in [6.07, 6.45) is -3.33. The van der Waals surface area contributed by atoms with Gasteiger partial charge in [0.25, 0.3) is 11.5 Å². The molecule has 0 bridgehead atoms. The first-order valence-electron chi connectivity index (χ1n) is 12.5. The van der Waals surface area contributed by atoms with Crippen molar-refractivity contribution in [1.29, 1.82) is 0 Å². The number of pyridine rings is 1. The molecule has 13 heteroatoms. The summed E-state index contributed by atoms with van der Waals surface area (Å²) in [7, 11) is 1.24. The molecule has 8 nitrogen and oxygen atoms in total. The molecule has 4 rings (SSSR count). The van der Waals surface area contributed by atoms with E-state index in [-0.39, 0.29) is 30.1 Å². The lowest BCUT2D eigenvalue weighted by Crippen LogP contribution is -2.38. The summed E-state index contributed by atoms with van der Waals surface area (Å²) < 4.78 is 77.8. The lowest BCUT2D eigenvalue weighted by atomic mass is 9.87. The van der Waals surface area contributed by atoms with E-state index in [1.165, 1.54) is 16.6 Å². The van der Waals surface area contributed by atoms with Crippen LogP contribution in [0.15, 0.2) is 53.5 Å². The Labute approximate surface area is 231 Å². The number of carbonyl (C=O) groups excluding carboxylic acids is 2. The van der Waals surface area contributed by atoms with E-state index in [9.17, 15) is 27.6 Å². The highest BCUT2D eigenvalue weighted by molar-refractivity contribution is 6.00. The fraction of sp³-hybridized carbons (Fsp3) is 0.321. The lowest BCUT2D eigenvalue weighted by Gasteiger charge is -2.20. The fourth-order valence-electron chi connectivity index (χ4n) is 4.89. The number of aromatic nitrogens is 1. The van der Waals surface area contributed by atoms with Gasteiger partial charge in [-0.25, -0.2) is 8.78 Å². The Kier molecular flexibility index (Phi) is 8.36. The number of amides is 2. The minimum absolute atomic E-state index is 0.0371. The van der Waals surface area contributed by atoms with Gasteiger partial charge in [0, 0.05) is 55.0 Å². The second-order valence-corrected chi connectivity index (χ2v) is 9.39. The average molecular weight is 580 g/mol. The molecular weight excluding hydrogens is 553 g/mol. The minimum atomic E-state index is -4.91. The van der Waals surface area contributed by atoms with Crippen LogP contribution in [0.4, 0.5) is 27.6 Å². The number of hydrogen-bond acceptors (Lipinski definition) is 5. The maximum Gasteiger partial charge on any atom is 0.573 e. The molecule has 0 aliphatic carbocycles. The highest BCUT2D eigenvalue weighted by Gasteiger charge is 2.45. The normalized spacial score (nSPS) is 17.1. The molecule has 1 aliphatic rings. The van der Waals surface area contributed by atoms with Crippen LogP contribution in [-0.4, -0.2) is 42.9 Å². The summed E-state index contributed by atoms with van der Waals surface area (Å²) in [5.74, 6) is -6.19. The summed E-state index contributed by atoms with van der Waals surface area (Å²) in [5, 5.41) is 2.52. The maximum atomic E-state index is 15.2. The monoisotopic (exact) mass is 579 g/mol. The Hall–Kier alpha value is -4.42. The predicted octanol–water partition coefficient (Wildman–Crippen LogP) is 4.54. The average Bonchev–Trinajstić information content (AvgIpc) is 3.21. The van der Waals surface area contributed by atoms with Crippen molar-refractivity contribution in [3.63, 3.8) is 0 Å². The molecular formula is C28H26F5N3O5. The third kappa shape index (κ3) is 6.18. The maximum absolute atomic E-state index is 15.2. The van der Waals surface area contributed by atoms with Gasteiger partial charge in [0.15, 0.2) is 0 Å². The summed E-state index contributed by atoms with van der Waals surface area (Å²) in [6, 6.07) is 7.70. The third-order valence-corrected chi connectivity index (χ3v) is 6.89. The van der Waals surface area contributed by atoms with Crippen LogP contribution < -0.4 is 25.2 Å². The molecule has 2 aromatic carbocycles. The molecule has 0 spiro atoms. The van der Waals surface area contributed by atoms with Crippen molar-refractivity contribution in [1.82, 2.24) is 9.88 Å². The smallest absolute Gasteiger partial charge is 0.497 e. The second-order valence-electron chi connectivity index (χ2n) is 9.39. The molecule has 0 radical (unpaired) electrons. The van der Waals surface area contributed by atoms with Gasteiger partial charge in [-0.1, -0.05) is 0 Å². The van der Waals surface area contributed by atoms with Gasteiger partial charge in [0.2, 0.25) is 5.91 Å². The van der Waals surface area contributed by atoms with Gasteiger partial charge in [0.05, 0.1) is 13.0 Å². The van der Waals surface area contributed by atoms with Crippen LogP contribution in [-0.2, 0) is 11.3 Å². The van der Waals surface area contributed by atoms with E-state index in [4.69, 9.17) is 4.74 Å². The fourth-order valence-corrected chi connectivity index (χ4v) is 4.89. The van der Waals surface area contributed by atoms with Gasteiger partial charge < -0.3 is 24.3 Å². The van der Waals surface area contributed by atoms with E-state index < -0.39 is 58.5 Å². The highest BCUT2D eigenvalue weighted by Crippen LogP contribution is 2.39. The molecule has 1 aliphatic heterocycles. The van der Waals surface area contributed by atoms with Gasteiger partial charge in [-0.3, -0.25) is 14.4 Å². The van der Waals surface area contributed by atoms with E-state index in [0.717, 1.165) is 36.4 Å². The molecule has 1 aromatic heterocycles. The Morgan fingerprint density at radius 2 is 1.68 bits per heavy atom. The lowest BCUT2D eigenvalue weighted by molar-refractivity contribution is -0.274. The van der Waals surface area contributed by atoms with Gasteiger partial charge in [-0.2, -0.15) is 0 Å². The van der Waals surface area contributed by atoms with Crippen LogP contribution in [0.3, 0.4) is 0 Å². The van der Waals surface area contributed by atoms with Crippen molar-refractivity contribution in [3.8, 4) is 11.5 Å². The van der Waals surface area contributed by atoms with E-state index in [0.29, 0.717) is 12.1 Å². The van der Waals surface area contributed by atoms with Crippen molar-refractivity contribution < 1.29 is 41.0 Å². The minimum Gasteiger partial charge on any atom is -0.497 e. The van der Waals surface area contributed by atoms with Gasteiger partial charge in [0.1, 0.15) is 28.8 Å². The third-order valence-electron chi connectivity index (χ3n) is 6.89. The first-order chi connectivity index (χ1) is 19.3. The number of halogens is 5. The van der Waals surface area contributed by atoms with Crippen LogP contribution in [0.2, 0.25) is 0 Å². The number of methoxy groups -OCH3 is 1. The van der Waals surface area contributed by atoms with Crippen LogP contribution in [0.1, 0.15) is 34.3 Å². The molecule has 1 saturated heterocycles. The molecule has 1 N–H and O–H groups in total. The van der Waals surface area contributed by atoms with Crippen LogP contribution in [0.25, 0.3) is 0 Å². The molecule has 218 valence electrons. The first kappa shape index (κ1) is 29.6. The molecule has 0 saturated carbocycles. The van der Waals surface area contributed by atoms with Gasteiger partial charge in [-0.15, -0.1) is 13.2 Å². The molecule has 41 heavy (non-hydrogen) atoms. The number of nitrogens with one attached hydrogen (secondary N) is 1. The number of alkyl halides is 3. The number of benzene rings is 2. The first-order valence-corrected chi connectivity index (χ1v) is 12.5. The van der Waals surface area contributed by atoms with Crippen LogP contribution >= 0.6 is 0 Å². The summed E-state index contributed by atoms with van der Waals surface area (Å²) >= 11 is 0. The highest BCUT2D eigenvalue weighted by atomic mass is 19.4. The summed E-state index contributed by atoms with van der Waals surface area (Å²) in [6.45, 7) is 3.09. The number of carbonyl (C=O) groups is 2. The van der Waals surface area contributed by atoms with Gasteiger partial charge in [-0.05, 0) is 49.7 Å². The van der Waals surface area contributed by atoms with Crippen molar-refractivity contribution >= 4 is 17.5 Å². The predicted molar refractivity (Wildman–Crippen MR) is 138 cm³/mol. The Bertz CT molecular complexity index is 1500. The Balaban J connectivity index is 1.66. The number of ether oxygens (including phenoxy) is 2. The second kappa shape index (κ2) is 11.6. The number of anilines is 1. The Morgan fingerprint density at radius 3 is 2.24 bits per heavy atom. The topological polar surface area (TPSA) is 89.9 Å². The van der Waals surface area contributed by atoms with Crippen molar-refractivity contribution in [3.05, 3.63) is 87.3 Å². The van der Waals surface area contributed by atoms with E-state index in [1.54, 1.807) is 26.1 Å². The molecule has 1 fully saturated rings. The van der Waals surface area contributed by atoms with Crippen molar-refractivity contribution in [2.45, 2.75) is 32.7 Å². The zero-order valence-corrected chi connectivity index (χ0v) is 22.2. The SMILES string of the molecule is CCn1ccc(C)c(N2C[C@@H](c3c(F)cc(OC)cc3F)C(CNC(=O)c3ccc(OC(F)(F)F)cc3)C2=O)c1=O. The van der Waals surface area contributed by atoms with Gasteiger partial charge >= 0.3 is 6.36 Å². The van der Waals surface area contributed by atoms with Crippen LogP contribution in [0.5, 0.6) is 11.5 Å². The zero-order chi connectivity index (χ0) is 30.1. The number of nitrogens with zero attached hydrogens (tertiary/aromatic N) is 2. The number of rotatable bonds is 8. The molecule has 2 heterocycles. The summed E-state index contributed by atoms with van der Waals surface area (Å²) in [4.78, 5) is 40.8. The molecule has 3 aromatic rings. The standard InChI is InChI=1S/C28H26F5N3O5/c1-4-35-10-9-15(2)24(27(35)39)36-14-20(23-21(29)11-18(40-3)12-22(23)30)19(26(36)38)13-34-25(37)16-5-7-17(8-6-16)41-28(31,32)33/h5-12,19-20H,4,13-14H2,1-3H3,(H,34,37)/t19?,20-/m1/s1. The largest absolute Gasteiger partial charge is 0.573 e. The number of hydrogen-bond donors (Lipinski definition) is 1. The summed E-state index contributed by atoms with van der Waals surface area (Å²) in [5.41, 5.74) is -0.355. The van der Waals surface area contributed by atoms with Crippen LogP contribution in [0, 0.1) is 24.5 Å². The number of aryl methyl sites for hydroxylation is 2. The van der Waals surface area contributed by atoms with E-state index >= 15 is 8.78 Å². The zero-order valence-electron chi connectivity index (χ0n) is 22.2. The molecule has 2 atom stereocenters. The van der Waals surface area contributed by atoms with Crippen molar-refractivity contribution in [2.24, 2.45) is 5.92 Å². The Morgan fingerprint density at radius 1 is 1.05 bits per heavy atom. The van der Waals surface area contributed by atoms with E-state index in [2.05, 4.69) is 10.1 Å². The molecule has 1 unspecified atom stereocenters. The quantitative estimate of drug-likeness (QED) is 0.396. The van der Waals surface area contributed by atoms with E-state index in [1.807, 2.05) is 0 Å². The molecule has 2 amide bonds. The van der Waals surface area contributed by atoms with Crippen molar-refractivity contribution in [2.75, 3.05) is 25.1 Å².